The minimum absolute atomic E-state index is 0.135. The molecule has 4 rings (SSSR count). The first kappa shape index (κ1) is 20.0. The fraction of sp³-hybridized carbons (Fsp3) is 0.381. The van der Waals surface area contributed by atoms with Gasteiger partial charge >= 0.3 is 6.55 Å². The second-order valence-electron chi connectivity index (χ2n) is 7.27. The quantitative estimate of drug-likeness (QED) is 0.551. The van der Waals surface area contributed by atoms with Crippen LogP contribution in [0.3, 0.4) is 0 Å². The van der Waals surface area contributed by atoms with Crippen LogP contribution in [0.15, 0.2) is 48.5 Å². The Labute approximate surface area is 173 Å². The van der Waals surface area contributed by atoms with Gasteiger partial charge in [0.05, 0.1) is 30.9 Å². The summed E-state index contributed by atoms with van der Waals surface area (Å²) < 4.78 is 35.2. The predicted octanol–water partition coefficient (Wildman–Crippen LogP) is 4.49. The highest BCUT2D eigenvalue weighted by molar-refractivity contribution is 7.71. The molecule has 1 saturated heterocycles. The van der Waals surface area contributed by atoms with Crippen molar-refractivity contribution in [3.8, 4) is 0 Å². The Bertz CT molecular complexity index is 1030. The molecule has 0 N–H and O–H groups in total. The number of morpholine rings is 1. The van der Waals surface area contributed by atoms with Crippen LogP contribution in [0.5, 0.6) is 0 Å². The molecule has 29 heavy (non-hydrogen) atoms. The summed E-state index contributed by atoms with van der Waals surface area (Å²) in [6, 6.07) is 15.6. The Morgan fingerprint density at radius 1 is 1.03 bits per heavy atom. The Hall–Kier alpha value is -2.29. The van der Waals surface area contributed by atoms with Crippen LogP contribution in [0.25, 0.3) is 11.0 Å². The van der Waals surface area contributed by atoms with E-state index in [1.165, 1.54) is 5.69 Å². The van der Waals surface area contributed by atoms with Gasteiger partial charge < -0.3 is 14.2 Å². The summed E-state index contributed by atoms with van der Waals surface area (Å²) in [7, 11) is 1.96. The zero-order chi connectivity index (χ0) is 20.4. The van der Waals surface area contributed by atoms with Gasteiger partial charge in [0.25, 0.3) is 0 Å². The lowest BCUT2D eigenvalue weighted by atomic mass is 10.2. The molecular formula is C21H24F2N4OS. The molecule has 0 saturated carbocycles. The monoisotopic (exact) mass is 418 g/mol. The Morgan fingerprint density at radius 3 is 2.34 bits per heavy atom. The molecule has 0 bridgehead atoms. The molecule has 3 aromatic rings. The minimum Gasteiger partial charge on any atom is -0.378 e. The van der Waals surface area contributed by atoms with E-state index in [1.807, 2.05) is 19.2 Å². The van der Waals surface area contributed by atoms with E-state index in [1.54, 1.807) is 16.7 Å². The van der Waals surface area contributed by atoms with Crippen molar-refractivity contribution in [1.82, 2.24) is 14.0 Å². The van der Waals surface area contributed by atoms with Crippen LogP contribution in [0.2, 0.25) is 0 Å². The van der Waals surface area contributed by atoms with Crippen LogP contribution in [0, 0.1) is 4.77 Å². The number of para-hydroxylation sites is 2. The molecule has 154 valence electrons. The summed E-state index contributed by atoms with van der Waals surface area (Å²) in [4.78, 5) is 4.39. The van der Waals surface area contributed by atoms with Gasteiger partial charge in [0.15, 0.2) is 4.77 Å². The van der Waals surface area contributed by atoms with Gasteiger partial charge in [-0.1, -0.05) is 24.3 Å². The summed E-state index contributed by atoms with van der Waals surface area (Å²) in [6.07, 6.45) is 0. The van der Waals surface area contributed by atoms with Crippen LogP contribution >= 0.6 is 12.2 Å². The SMILES string of the molecule is CN(Cc1ccc(N2CCOCC2)cc1)Cn1c(=S)n(C(F)F)c2ccccc21. The van der Waals surface area contributed by atoms with Crippen LogP contribution in [0.1, 0.15) is 12.1 Å². The van der Waals surface area contributed by atoms with E-state index in [4.69, 9.17) is 17.0 Å². The van der Waals surface area contributed by atoms with Crippen LogP contribution in [0.4, 0.5) is 14.5 Å². The number of ether oxygens (including phenoxy) is 1. The molecule has 0 spiro atoms. The topological polar surface area (TPSA) is 25.6 Å². The van der Waals surface area contributed by atoms with Crippen LogP contribution in [-0.2, 0) is 18.0 Å². The molecule has 2 heterocycles. The number of aromatic nitrogens is 2. The molecule has 2 aromatic carbocycles. The van der Waals surface area contributed by atoms with Gasteiger partial charge in [-0.3, -0.25) is 9.47 Å². The molecule has 0 atom stereocenters. The van der Waals surface area contributed by atoms with E-state index in [0.717, 1.165) is 36.4 Å². The van der Waals surface area contributed by atoms with Gasteiger partial charge in [0.2, 0.25) is 0 Å². The number of benzene rings is 2. The van der Waals surface area contributed by atoms with Crippen molar-refractivity contribution in [1.29, 1.82) is 0 Å². The molecule has 1 aliphatic rings. The van der Waals surface area contributed by atoms with Gasteiger partial charge in [-0.05, 0) is 49.1 Å². The third-order valence-corrected chi connectivity index (χ3v) is 5.63. The van der Waals surface area contributed by atoms with Crippen molar-refractivity contribution in [3.05, 3.63) is 58.9 Å². The summed E-state index contributed by atoms with van der Waals surface area (Å²) >= 11 is 5.35. The molecule has 1 fully saturated rings. The van der Waals surface area contributed by atoms with E-state index >= 15 is 0 Å². The molecule has 0 amide bonds. The lowest BCUT2D eigenvalue weighted by Crippen LogP contribution is -2.36. The first-order valence-corrected chi connectivity index (χ1v) is 10.0. The minimum atomic E-state index is -2.66. The van der Waals surface area contributed by atoms with Crippen molar-refractivity contribution in [2.24, 2.45) is 0 Å². The Balaban J connectivity index is 1.49. The molecule has 5 nitrogen and oxygen atoms in total. The maximum atomic E-state index is 13.5. The Morgan fingerprint density at radius 2 is 1.69 bits per heavy atom. The fourth-order valence-corrected chi connectivity index (χ4v) is 4.13. The smallest absolute Gasteiger partial charge is 0.321 e. The van der Waals surface area contributed by atoms with Crippen molar-refractivity contribution < 1.29 is 13.5 Å². The number of rotatable bonds is 6. The maximum Gasteiger partial charge on any atom is 0.321 e. The third-order valence-electron chi connectivity index (χ3n) is 5.21. The normalized spacial score (nSPS) is 15.0. The second-order valence-corrected chi connectivity index (χ2v) is 7.63. The van der Waals surface area contributed by atoms with Crippen molar-refractivity contribution in [2.45, 2.75) is 19.8 Å². The summed E-state index contributed by atoms with van der Waals surface area (Å²) in [6.45, 7) is 1.81. The third kappa shape index (κ3) is 4.19. The van der Waals surface area contributed by atoms with Gasteiger partial charge in [-0.25, -0.2) is 0 Å². The van der Waals surface area contributed by atoms with E-state index < -0.39 is 6.55 Å². The zero-order valence-corrected chi connectivity index (χ0v) is 17.1. The van der Waals surface area contributed by atoms with Crippen molar-refractivity contribution in [2.75, 3.05) is 38.3 Å². The number of nitrogens with zero attached hydrogens (tertiary/aromatic N) is 4. The number of halogens is 2. The first-order chi connectivity index (χ1) is 14.0. The van der Waals surface area contributed by atoms with E-state index in [-0.39, 0.29) is 4.77 Å². The van der Waals surface area contributed by atoms with Crippen molar-refractivity contribution >= 4 is 28.9 Å². The molecule has 0 aliphatic carbocycles. The van der Waals surface area contributed by atoms with E-state index in [0.29, 0.717) is 24.2 Å². The molecular weight excluding hydrogens is 394 g/mol. The van der Waals surface area contributed by atoms with Gasteiger partial charge in [0, 0.05) is 25.3 Å². The summed E-state index contributed by atoms with van der Waals surface area (Å²) in [5, 5.41) is 0. The molecule has 8 heteroatoms. The molecule has 0 unspecified atom stereocenters. The number of hydrogen-bond donors (Lipinski definition) is 0. The fourth-order valence-electron chi connectivity index (χ4n) is 3.79. The highest BCUT2D eigenvalue weighted by atomic mass is 32.1. The zero-order valence-electron chi connectivity index (χ0n) is 16.3. The molecule has 1 aromatic heterocycles. The standard InChI is InChI=1S/C21H24F2N4OS/c1-24(14-16-6-8-17(9-7-16)25-10-12-28-13-11-25)15-26-18-4-2-3-5-19(18)27(20(22)23)21(26)29/h2-9,20H,10-15H2,1H3. The summed E-state index contributed by atoms with van der Waals surface area (Å²) in [5.74, 6) is 0. The lowest BCUT2D eigenvalue weighted by Gasteiger charge is -2.29. The number of anilines is 1. The predicted molar refractivity (Wildman–Crippen MR) is 113 cm³/mol. The second kappa shape index (κ2) is 8.61. The largest absolute Gasteiger partial charge is 0.378 e. The van der Waals surface area contributed by atoms with E-state index in [9.17, 15) is 8.78 Å². The number of imidazole rings is 1. The highest BCUT2D eigenvalue weighted by Crippen LogP contribution is 2.24. The van der Waals surface area contributed by atoms with Crippen molar-refractivity contribution in [3.63, 3.8) is 0 Å². The maximum absolute atomic E-state index is 13.5. The molecule has 1 aliphatic heterocycles. The van der Waals surface area contributed by atoms with Crippen LogP contribution in [-0.4, -0.2) is 47.4 Å². The summed E-state index contributed by atoms with van der Waals surface area (Å²) in [5.41, 5.74) is 3.53. The molecule has 0 radical (unpaired) electrons. The highest BCUT2D eigenvalue weighted by Gasteiger charge is 2.17. The number of alkyl halides is 2. The Kier molecular flexibility index (Phi) is 5.94. The first-order valence-electron chi connectivity index (χ1n) is 9.62. The van der Waals surface area contributed by atoms with E-state index in [2.05, 4.69) is 34.1 Å². The van der Waals surface area contributed by atoms with Gasteiger partial charge in [-0.15, -0.1) is 0 Å². The lowest BCUT2D eigenvalue weighted by molar-refractivity contribution is 0.0717. The van der Waals surface area contributed by atoms with Crippen LogP contribution < -0.4 is 4.90 Å². The van der Waals surface area contributed by atoms with Gasteiger partial charge in [0.1, 0.15) is 0 Å². The number of fused-ring (bicyclic) bond motifs is 1. The average Bonchev–Trinajstić information content (AvgIpc) is 3.01. The number of hydrogen-bond acceptors (Lipinski definition) is 4. The average molecular weight is 419 g/mol. The van der Waals surface area contributed by atoms with Gasteiger partial charge in [-0.2, -0.15) is 8.78 Å².